The number of rotatable bonds is 14. The molecule has 4 nitrogen and oxygen atoms in total. The van der Waals surface area contributed by atoms with E-state index >= 15 is 0 Å². The van der Waals surface area contributed by atoms with E-state index < -0.39 is 8.67 Å². The standard InChI is InChI=1S/2C15H24Cl2O2/c2*1-3-11(19-2)7-5-4-6-10-8-9-12-13(10)14(18)15(12,16)17/h2*10-13H,3-9H2,1-2H3. The van der Waals surface area contributed by atoms with Crippen LogP contribution in [0.1, 0.15) is 104 Å². The van der Waals surface area contributed by atoms with Gasteiger partial charge in [-0.1, -0.05) is 85.9 Å². The Balaban J connectivity index is 0.000000211. The van der Waals surface area contributed by atoms with Crippen LogP contribution in [0.25, 0.3) is 0 Å². The normalized spacial score (nSPS) is 33.9. The maximum absolute atomic E-state index is 11.9. The summed E-state index contributed by atoms with van der Waals surface area (Å²) in [4.78, 5) is 23.8. The van der Waals surface area contributed by atoms with Gasteiger partial charge < -0.3 is 9.47 Å². The van der Waals surface area contributed by atoms with E-state index in [1.54, 1.807) is 14.2 Å². The van der Waals surface area contributed by atoms with Crippen LogP contribution in [0.5, 0.6) is 0 Å². The SMILES string of the molecule is CCC(CCCCC1CCC2C1C(=O)C2(Cl)Cl)OC.CCC(CCCCC1CCC2C1C(=O)C2(Cl)Cl)OC. The summed E-state index contributed by atoms with van der Waals surface area (Å²) in [5, 5.41) is 0. The number of hydrogen-bond donors (Lipinski definition) is 0. The maximum atomic E-state index is 11.9. The first-order valence-corrected chi connectivity index (χ1v) is 16.4. The van der Waals surface area contributed by atoms with Gasteiger partial charge in [0.05, 0.1) is 12.2 Å². The minimum Gasteiger partial charge on any atom is -0.381 e. The Bertz CT molecular complexity index is 716. The molecule has 38 heavy (non-hydrogen) atoms. The number of fused-ring (bicyclic) bond motifs is 2. The van der Waals surface area contributed by atoms with Crippen molar-refractivity contribution >= 4 is 58.0 Å². The summed E-state index contributed by atoms with van der Waals surface area (Å²) in [6.07, 6.45) is 16.4. The quantitative estimate of drug-likeness (QED) is 0.145. The molecule has 8 heteroatoms. The highest BCUT2D eigenvalue weighted by atomic mass is 35.5. The van der Waals surface area contributed by atoms with Crippen molar-refractivity contribution < 1.29 is 19.1 Å². The molecule has 4 aliphatic rings. The summed E-state index contributed by atoms with van der Waals surface area (Å²) in [5.41, 5.74) is 0. The van der Waals surface area contributed by atoms with Gasteiger partial charge in [-0.3, -0.25) is 9.59 Å². The van der Waals surface area contributed by atoms with E-state index in [1.165, 1.54) is 25.7 Å². The van der Waals surface area contributed by atoms with Gasteiger partial charge in [0.2, 0.25) is 0 Å². The molecule has 4 aliphatic carbocycles. The van der Waals surface area contributed by atoms with Gasteiger partial charge in [0.1, 0.15) is 0 Å². The fourth-order valence-electron chi connectivity index (χ4n) is 7.57. The Morgan fingerprint density at radius 1 is 0.684 bits per heavy atom. The van der Waals surface area contributed by atoms with Gasteiger partial charge in [-0.15, -0.1) is 0 Å². The Hall–Kier alpha value is 0.420. The molecule has 0 heterocycles. The summed E-state index contributed by atoms with van der Waals surface area (Å²) < 4.78 is 8.62. The van der Waals surface area contributed by atoms with E-state index in [4.69, 9.17) is 55.9 Å². The lowest BCUT2D eigenvalue weighted by Crippen LogP contribution is -2.55. The highest BCUT2D eigenvalue weighted by Crippen LogP contribution is 2.60. The summed E-state index contributed by atoms with van der Waals surface area (Å²) in [6, 6.07) is 0. The van der Waals surface area contributed by atoms with Gasteiger partial charge in [0, 0.05) is 37.9 Å². The molecule has 0 N–H and O–H groups in total. The molecule has 220 valence electrons. The molecule has 0 aromatic rings. The number of alkyl halides is 4. The zero-order chi connectivity index (χ0) is 28.1. The van der Waals surface area contributed by atoms with E-state index in [9.17, 15) is 9.59 Å². The number of halogens is 4. The van der Waals surface area contributed by atoms with Crippen LogP contribution in [0, 0.1) is 35.5 Å². The number of Topliss-reactive ketones (excluding diaryl/α,β-unsaturated/α-hetero) is 2. The maximum Gasteiger partial charge on any atom is 0.179 e. The molecule has 0 aliphatic heterocycles. The largest absolute Gasteiger partial charge is 0.381 e. The summed E-state index contributed by atoms with van der Waals surface area (Å²) in [5.74, 6) is 1.93. The molecule has 4 rings (SSSR count). The van der Waals surface area contributed by atoms with Crippen molar-refractivity contribution in [3.8, 4) is 0 Å². The van der Waals surface area contributed by atoms with E-state index in [0.29, 0.717) is 24.0 Å². The Labute approximate surface area is 250 Å². The second kappa shape index (κ2) is 14.5. The van der Waals surface area contributed by atoms with Crippen molar-refractivity contribution in [1.82, 2.24) is 0 Å². The monoisotopic (exact) mass is 612 g/mol. The average Bonchev–Trinajstić information content (AvgIpc) is 3.51. The lowest BCUT2D eigenvalue weighted by atomic mass is 9.69. The van der Waals surface area contributed by atoms with Crippen LogP contribution in [-0.4, -0.2) is 46.7 Å². The lowest BCUT2D eigenvalue weighted by molar-refractivity contribution is -0.136. The number of hydrogen-bond acceptors (Lipinski definition) is 4. The topological polar surface area (TPSA) is 52.6 Å². The first kappa shape index (κ1) is 32.9. The van der Waals surface area contributed by atoms with Crippen LogP contribution in [0.3, 0.4) is 0 Å². The molecule has 4 saturated carbocycles. The van der Waals surface area contributed by atoms with Crippen LogP contribution in [0.4, 0.5) is 0 Å². The number of carbonyl (C=O) groups is 2. The highest BCUT2D eigenvalue weighted by molar-refractivity contribution is 6.61. The van der Waals surface area contributed by atoms with Gasteiger partial charge in [-0.05, 0) is 76.0 Å². The molecule has 0 aromatic carbocycles. The molecule has 0 bridgehead atoms. The van der Waals surface area contributed by atoms with Crippen molar-refractivity contribution in [2.45, 2.75) is 125 Å². The third kappa shape index (κ3) is 7.06. The molecule has 0 aromatic heterocycles. The molecule has 0 amide bonds. The summed E-state index contributed by atoms with van der Waals surface area (Å²) in [6.45, 7) is 4.31. The van der Waals surface area contributed by atoms with Crippen molar-refractivity contribution in [1.29, 1.82) is 0 Å². The molecule has 4 fully saturated rings. The first-order chi connectivity index (χ1) is 18.0. The van der Waals surface area contributed by atoms with Crippen molar-refractivity contribution in [3.05, 3.63) is 0 Å². The minimum absolute atomic E-state index is 0.0756. The molecule has 0 spiro atoms. The van der Waals surface area contributed by atoms with E-state index in [-0.39, 0.29) is 35.2 Å². The third-order valence-electron chi connectivity index (χ3n) is 10.1. The van der Waals surface area contributed by atoms with Crippen LogP contribution in [-0.2, 0) is 19.1 Å². The second-order valence-corrected chi connectivity index (χ2v) is 14.8. The van der Waals surface area contributed by atoms with Gasteiger partial charge in [-0.2, -0.15) is 0 Å². The highest BCUT2D eigenvalue weighted by Gasteiger charge is 2.65. The van der Waals surface area contributed by atoms with E-state index in [1.807, 2.05) is 0 Å². The van der Waals surface area contributed by atoms with Gasteiger partial charge in [-0.25, -0.2) is 0 Å². The zero-order valence-corrected chi connectivity index (χ0v) is 26.7. The van der Waals surface area contributed by atoms with Crippen LogP contribution < -0.4 is 0 Å². The predicted molar refractivity (Wildman–Crippen MR) is 157 cm³/mol. The Kier molecular flexibility index (Phi) is 12.6. The average molecular weight is 615 g/mol. The van der Waals surface area contributed by atoms with E-state index in [2.05, 4.69) is 13.8 Å². The number of methoxy groups -OCH3 is 2. The second-order valence-electron chi connectivity index (χ2n) is 12.0. The Morgan fingerprint density at radius 2 is 1.05 bits per heavy atom. The molecule has 0 radical (unpaired) electrons. The Morgan fingerprint density at radius 3 is 1.37 bits per heavy atom. The van der Waals surface area contributed by atoms with Crippen LogP contribution in [0.15, 0.2) is 0 Å². The van der Waals surface area contributed by atoms with Crippen molar-refractivity contribution in [2.24, 2.45) is 35.5 Å². The number of ketones is 2. The molecule has 8 unspecified atom stereocenters. The molecular weight excluding hydrogens is 566 g/mol. The van der Waals surface area contributed by atoms with Gasteiger partial charge >= 0.3 is 0 Å². The fourth-order valence-corrected chi connectivity index (χ4v) is 9.05. The van der Waals surface area contributed by atoms with Gasteiger partial charge in [0.25, 0.3) is 0 Å². The number of unbranched alkanes of at least 4 members (excludes halogenated alkanes) is 2. The van der Waals surface area contributed by atoms with Crippen molar-refractivity contribution in [3.63, 3.8) is 0 Å². The van der Waals surface area contributed by atoms with Crippen LogP contribution >= 0.6 is 46.4 Å². The minimum atomic E-state index is -1.07. The van der Waals surface area contributed by atoms with E-state index in [0.717, 1.165) is 64.2 Å². The summed E-state index contributed by atoms with van der Waals surface area (Å²) in [7, 11) is 3.56. The molecular formula is C30H48Cl4O4. The molecule has 8 atom stereocenters. The van der Waals surface area contributed by atoms with Gasteiger partial charge in [0.15, 0.2) is 20.2 Å². The third-order valence-corrected chi connectivity index (χ3v) is 11.9. The fraction of sp³-hybridized carbons (Fsp3) is 0.933. The van der Waals surface area contributed by atoms with Crippen molar-refractivity contribution in [2.75, 3.05) is 14.2 Å². The number of ether oxygens (including phenoxy) is 2. The predicted octanol–water partition coefficient (Wildman–Crippen LogP) is 8.74. The molecule has 0 saturated heterocycles. The van der Waals surface area contributed by atoms with Crippen LogP contribution in [0.2, 0.25) is 0 Å². The lowest BCUT2D eigenvalue weighted by Gasteiger charge is -2.43. The smallest absolute Gasteiger partial charge is 0.179 e. The first-order valence-electron chi connectivity index (χ1n) is 14.9. The summed E-state index contributed by atoms with van der Waals surface area (Å²) >= 11 is 24.2. The zero-order valence-electron chi connectivity index (χ0n) is 23.7. The number of carbonyl (C=O) groups excluding carboxylic acids is 2.